The highest BCUT2D eigenvalue weighted by Gasteiger charge is 2.20. The van der Waals surface area contributed by atoms with Crippen molar-refractivity contribution in [1.82, 2.24) is 25.0 Å². The Bertz CT molecular complexity index is 605. The lowest BCUT2D eigenvalue weighted by Gasteiger charge is -2.27. The molecule has 0 unspecified atom stereocenters. The Balaban J connectivity index is 1.49. The molecular weight excluding hydrogens is 274 g/mol. The molecule has 2 aromatic heterocycles. The third-order valence-electron chi connectivity index (χ3n) is 3.52. The van der Waals surface area contributed by atoms with Gasteiger partial charge in [-0.25, -0.2) is 0 Å². The van der Waals surface area contributed by atoms with Gasteiger partial charge in [0.1, 0.15) is 12.2 Å². The molecule has 0 bridgehead atoms. The average molecular weight is 291 g/mol. The molecule has 20 heavy (non-hydrogen) atoms. The summed E-state index contributed by atoms with van der Waals surface area (Å²) < 4.78 is 1.84. The molecule has 1 N–H and O–H groups in total. The number of aromatic nitrogens is 3. The molecule has 0 atom stereocenters. The van der Waals surface area contributed by atoms with Gasteiger partial charge < -0.3 is 14.8 Å². The Morgan fingerprint density at radius 3 is 3.25 bits per heavy atom. The van der Waals surface area contributed by atoms with Gasteiger partial charge in [0.15, 0.2) is 0 Å². The maximum atomic E-state index is 12.2. The summed E-state index contributed by atoms with van der Waals surface area (Å²) in [6, 6.07) is 2.12. The van der Waals surface area contributed by atoms with Crippen molar-refractivity contribution in [1.29, 1.82) is 0 Å². The number of fused-ring (bicyclic) bond motifs is 1. The molecule has 0 saturated heterocycles. The zero-order valence-electron chi connectivity index (χ0n) is 11.4. The van der Waals surface area contributed by atoms with Crippen LogP contribution in [-0.4, -0.2) is 38.7 Å². The van der Waals surface area contributed by atoms with Gasteiger partial charge in [0, 0.05) is 25.0 Å². The average Bonchev–Trinajstić information content (AvgIpc) is 3.07. The van der Waals surface area contributed by atoms with Crippen LogP contribution in [0.3, 0.4) is 0 Å². The number of hydrogen-bond acceptors (Lipinski definition) is 5. The summed E-state index contributed by atoms with van der Waals surface area (Å²) in [5.74, 6) is 0.973. The molecular formula is C13H17N5OS. The number of thiophene rings is 1. The van der Waals surface area contributed by atoms with E-state index in [1.807, 2.05) is 16.5 Å². The summed E-state index contributed by atoms with van der Waals surface area (Å²) in [5.41, 5.74) is 1.29. The Morgan fingerprint density at radius 2 is 2.45 bits per heavy atom. The number of hydrogen-bond donors (Lipinski definition) is 1. The van der Waals surface area contributed by atoms with Gasteiger partial charge in [0.2, 0.25) is 5.91 Å². The van der Waals surface area contributed by atoms with E-state index in [-0.39, 0.29) is 5.91 Å². The van der Waals surface area contributed by atoms with Crippen molar-refractivity contribution < 1.29 is 4.79 Å². The minimum absolute atomic E-state index is 0.143. The van der Waals surface area contributed by atoms with Gasteiger partial charge in [-0.15, -0.1) is 21.5 Å². The SMILES string of the molecule is Cn1cnnc1CNCC(=O)N1CCc2sccc2C1. The minimum Gasteiger partial charge on any atom is -0.337 e. The van der Waals surface area contributed by atoms with Crippen molar-refractivity contribution >= 4 is 17.2 Å². The first-order chi connectivity index (χ1) is 9.74. The summed E-state index contributed by atoms with van der Waals surface area (Å²) in [7, 11) is 1.89. The molecule has 106 valence electrons. The fourth-order valence-electron chi connectivity index (χ4n) is 2.32. The molecule has 0 spiro atoms. The van der Waals surface area contributed by atoms with Gasteiger partial charge >= 0.3 is 0 Å². The van der Waals surface area contributed by atoms with Crippen LogP contribution in [0.5, 0.6) is 0 Å². The number of nitrogens with zero attached hydrogens (tertiary/aromatic N) is 4. The molecule has 2 aromatic rings. The van der Waals surface area contributed by atoms with Gasteiger partial charge in [-0.1, -0.05) is 0 Å². The zero-order chi connectivity index (χ0) is 13.9. The third kappa shape index (κ3) is 2.73. The molecule has 0 saturated carbocycles. The number of rotatable bonds is 4. The molecule has 0 aliphatic carbocycles. The van der Waals surface area contributed by atoms with E-state index in [2.05, 4.69) is 27.0 Å². The summed E-state index contributed by atoms with van der Waals surface area (Å²) >= 11 is 1.79. The second kappa shape index (κ2) is 5.72. The van der Waals surface area contributed by atoms with Crippen LogP contribution in [0.4, 0.5) is 0 Å². The van der Waals surface area contributed by atoms with E-state index in [0.29, 0.717) is 13.1 Å². The number of nitrogens with one attached hydrogen (secondary N) is 1. The quantitative estimate of drug-likeness (QED) is 0.893. The van der Waals surface area contributed by atoms with Crippen LogP contribution in [0.15, 0.2) is 17.8 Å². The maximum Gasteiger partial charge on any atom is 0.236 e. The van der Waals surface area contributed by atoms with Crippen LogP contribution >= 0.6 is 11.3 Å². The van der Waals surface area contributed by atoms with E-state index in [1.54, 1.807) is 17.7 Å². The summed E-state index contributed by atoms with van der Waals surface area (Å²) in [6.07, 6.45) is 2.63. The highest BCUT2D eigenvalue weighted by molar-refractivity contribution is 7.10. The molecule has 1 aliphatic rings. The molecule has 1 aliphatic heterocycles. The summed E-state index contributed by atoms with van der Waals surface area (Å²) in [4.78, 5) is 15.5. The predicted octanol–water partition coefficient (Wildman–Crippen LogP) is 0.551. The Labute approximate surface area is 121 Å². The van der Waals surface area contributed by atoms with Crippen LogP contribution in [-0.2, 0) is 31.4 Å². The van der Waals surface area contributed by atoms with E-state index < -0.39 is 0 Å². The van der Waals surface area contributed by atoms with E-state index in [4.69, 9.17) is 0 Å². The van der Waals surface area contributed by atoms with Crippen molar-refractivity contribution in [2.45, 2.75) is 19.5 Å². The number of carbonyl (C=O) groups is 1. The van der Waals surface area contributed by atoms with Crippen LogP contribution < -0.4 is 5.32 Å². The number of carbonyl (C=O) groups excluding carboxylic acids is 1. The monoisotopic (exact) mass is 291 g/mol. The Hall–Kier alpha value is -1.73. The molecule has 1 amide bonds. The molecule has 3 heterocycles. The topological polar surface area (TPSA) is 63.1 Å². The normalized spacial score (nSPS) is 14.3. The van der Waals surface area contributed by atoms with E-state index in [1.165, 1.54) is 10.4 Å². The fraction of sp³-hybridized carbons (Fsp3) is 0.462. The van der Waals surface area contributed by atoms with Crippen molar-refractivity contribution in [3.63, 3.8) is 0 Å². The molecule has 6 nitrogen and oxygen atoms in total. The van der Waals surface area contributed by atoms with Gasteiger partial charge in [-0.2, -0.15) is 0 Å². The van der Waals surface area contributed by atoms with Crippen LogP contribution in [0.25, 0.3) is 0 Å². The predicted molar refractivity (Wildman–Crippen MR) is 76.1 cm³/mol. The zero-order valence-corrected chi connectivity index (χ0v) is 12.2. The van der Waals surface area contributed by atoms with Gasteiger partial charge in [0.05, 0.1) is 13.1 Å². The summed E-state index contributed by atoms with van der Waals surface area (Å²) in [6.45, 7) is 2.45. The summed E-state index contributed by atoms with van der Waals surface area (Å²) in [5, 5.41) is 13.0. The maximum absolute atomic E-state index is 12.2. The molecule has 0 aromatic carbocycles. The van der Waals surface area contributed by atoms with Gasteiger partial charge in [-0.3, -0.25) is 4.79 Å². The number of amides is 1. The first-order valence-electron chi connectivity index (χ1n) is 6.60. The van der Waals surface area contributed by atoms with Gasteiger partial charge in [0.25, 0.3) is 0 Å². The van der Waals surface area contributed by atoms with Crippen LogP contribution in [0.2, 0.25) is 0 Å². The second-order valence-corrected chi connectivity index (χ2v) is 5.90. The third-order valence-corrected chi connectivity index (χ3v) is 4.55. The number of aryl methyl sites for hydroxylation is 1. The van der Waals surface area contributed by atoms with Crippen molar-refractivity contribution in [2.75, 3.05) is 13.1 Å². The van der Waals surface area contributed by atoms with E-state index in [9.17, 15) is 4.79 Å². The van der Waals surface area contributed by atoms with Crippen molar-refractivity contribution in [2.24, 2.45) is 7.05 Å². The van der Waals surface area contributed by atoms with Crippen molar-refractivity contribution in [3.8, 4) is 0 Å². The van der Waals surface area contributed by atoms with Crippen molar-refractivity contribution in [3.05, 3.63) is 34.0 Å². The lowest BCUT2D eigenvalue weighted by Crippen LogP contribution is -2.40. The Morgan fingerprint density at radius 1 is 1.55 bits per heavy atom. The van der Waals surface area contributed by atoms with E-state index >= 15 is 0 Å². The van der Waals surface area contributed by atoms with Crippen LogP contribution in [0, 0.1) is 0 Å². The first-order valence-corrected chi connectivity index (χ1v) is 7.48. The molecule has 0 fully saturated rings. The van der Waals surface area contributed by atoms with Crippen LogP contribution in [0.1, 0.15) is 16.3 Å². The largest absolute Gasteiger partial charge is 0.337 e. The smallest absolute Gasteiger partial charge is 0.236 e. The Kier molecular flexibility index (Phi) is 3.79. The lowest BCUT2D eigenvalue weighted by molar-refractivity contribution is -0.131. The highest BCUT2D eigenvalue weighted by atomic mass is 32.1. The second-order valence-electron chi connectivity index (χ2n) is 4.90. The lowest BCUT2D eigenvalue weighted by atomic mass is 10.1. The fourth-order valence-corrected chi connectivity index (χ4v) is 3.21. The highest BCUT2D eigenvalue weighted by Crippen LogP contribution is 2.23. The van der Waals surface area contributed by atoms with E-state index in [0.717, 1.165) is 25.3 Å². The van der Waals surface area contributed by atoms with Gasteiger partial charge in [-0.05, 0) is 23.4 Å². The first kappa shape index (κ1) is 13.3. The molecule has 3 rings (SSSR count). The minimum atomic E-state index is 0.143. The molecule has 0 radical (unpaired) electrons. The standard InChI is InChI=1S/C13H17N5OS/c1-17-9-15-16-12(17)6-14-7-13(19)18-4-2-11-10(8-18)3-5-20-11/h3,5,9,14H,2,4,6-8H2,1H3. The molecule has 7 heteroatoms.